The topological polar surface area (TPSA) is 38.0 Å². The molecule has 0 aliphatic rings. The second-order valence-corrected chi connectivity index (χ2v) is 5.70. The lowest BCUT2D eigenvalue weighted by Gasteiger charge is -2.25. The number of nitrogens with zero attached hydrogens (tertiary/aromatic N) is 2. The fourth-order valence-corrected chi connectivity index (χ4v) is 1.69. The second-order valence-electron chi connectivity index (χ2n) is 5.70. The van der Waals surface area contributed by atoms with Gasteiger partial charge in [0.1, 0.15) is 0 Å². The maximum Gasteiger partial charge on any atom is 0.0784 e. The first-order valence-electron chi connectivity index (χ1n) is 6.23. The first-order chi connectivity index (χ1) is 8.47. The van der Waals surface area contributed by atoms with Gasteiger partial charge in [0.25, 0.3) is 0 Å². The van der Waals surface area contributed by atoms with Crippen molar-refractivity contribution in [2.75, 3.05) is 0 Å². The second kappa shape index (κ2) is 4.94. The third-order valence-corrected chi connectivity index (χ3v) is 3.10. The molecule has 0 radical (unpaired) electrons. The first-order valence-corrected chi connectivity index (χ1v) is 6.23. The van der Waals surface area contributed by atoms with Gasteiger partial charge in [-0.3, -0.25) is 4.68 Å². The van der Waals surface area contributed by atoms with Crippen molar-refractivity contribution in [1.82, 2.24) is 9.78 Å². The van der Waals surface area contributed by atoms with E-state index in [2.05, 4.69) is 17.2 Å². The summed E-state index contributed by atoms with van der Waals surface area (Å²) in [4.78, 5) is 0. The summed E-state index contributed by atoms with van der Waals surface area (Å²) in [7, 11) is 0. The van der Waals surface area contributed by atoms with Crippen LogP contribution < -0.4 is 0 Å². The van der Waals surface area contributed by atoms with Crippen LogP contribution in [0.2, 0.25) is 0 Å². The third kappa shape index (κ3) is 2.99. The molecule has 0 saturated carbocycles. The van der Waals surface area contributed by atoms with Gasteiger partial charge in [-0.05, 0) is 11.0 Å². The van der Waals surface area contributed by atoms with Crippen LogP contribution in [0.4, 0.5) is 0 Å². The molecule has 2 rings (SSSR count). The van der Waals surface area contributed by atoms with Crippen molar-refractivity contribution in [2.24, 2.45) is 5.41 Å². The van der Waals surface area contributed by atoms with Crippen LogP contribution in [0, 0.1) is 5.41 Å². The Hall–Kier alpha value is -1.61. The summed E-state index contributed by atoms with van der Waals surface area (Å²) < 4.78 is 1.80. The Labute approximate surface area is 108 Å². The van der Waals surface area contributed by atoms with Crippen LogP contribution in [-0.2, 0) is 6.54 Å². The van der Waals surface area contributed by atoms with Gasteiger partial charge in [-0.2, -0.15) is 5.10 Å². The van der Waals surface area contributed by atoms with Crippen molar-refractivity contribution < 1.29 is 5.11 Å². The van der Waals surface area contributed by atoms with Crippen molar-refractivity contribution in [3.05, 3.63) is 42.7 Å². The van der Waals surface area contributed by atoms with E-state index in [9.17, 15) is 5.11 Å². The largest absolute Gasteiger partial charge is 0.391 e. The predicted octanol–water partition coefficient (Wildman–Crippen LogP) is 2.96. The summed E-state index contributed by atoms with van der Waals surface area (Å²) in [5.41, 5.74) is 2.10. The number of hydrogen-bond acceptors (Lipinski definition) is 2. The lowest BCUT2D eigenvalue weighted by molar-refractivity contribution is 0.0451. The van der Waals surface area contributed by atoms with Crippen LogP contribution in [0.15, 0.2) is 42.7 Å². The fraction of sp³-hybridized carbons (Fsp3) is 0.400. The normalized spacial score (nSPS) is 13.6. The van der Waals surface area contributed by atoms with Gasteiger partial charge < -0.3 is 5.11 Å². The van der Waals surface area contributed by atoms with Crippen molar-refractivity contribution in [3.63, 3.8) is 0 Å². The van der Waals surface area contributed by atoms with Gasteiger partial charge in [-0.15, -0.1) is 0 Å². The van der Waals surface area contributed by atoms with E-state index in [0.29, 0.717) is 6.54 Å². The molecule has 3 nitrogen and oxygen atoms in total. The molecular formula is C15H20N2O. The molecule has 1 N–H and O–H groups in total. The Bertz CT molecular complexity index is 497. The molecular weight excluding hydrogens is 224 g/mol. The number of aliphatic hydroxyl groups excluding tert-OH is 1. The maximum atomic E-state index is 10.1. The lowest BCUT2D eigenvalue weighted by atomic mass is 9.89. The number of rotatable bonds is 3. The molecule has 0 amide bonds. The molecule has 0 aliphatic carbocycles. The minimum absolute atomic E-state index is 0.126. The Balaban J connectivity index is 2.12. The molecule has 1 aromatic heterocycles. The van der Waals surface area contributed by atoms with Gasteiger partial charge in [-0.25, -0.2) is 0 Å². The summed E-state index contributed by atoms with van der Waals surface area (Å²) in [5, 5.41) is 14.4. The monoisotopic (exact) mass is 244 g/mol. The van der Waals surface area contributed by atoms with Crippen molar-refractivity contribution in [3.8, 4) is 11.1 Å². The Kier molecular flexibility index (Phi) is 3.53. The van der Waals surface area contributed by atoms with Gasteiger partial charge >= 0.3 is 0 Å². The molecule has 0 saturated heterocycles. The molecule has 2 aromatic rings. The van der Waals surface area contributed by atoms with E-state index >= 15 is 0 Å². The smallest absolute Gasteiger partial charge is 0.0784 e. The van der Waals surface area contributed by atoms with Gasteiger partial charge in [0, 0.05) is 11.8 Å². The Morgan fingerprint density at radius 2 is 1.83 bits per heavy atom. The molecule has 1 unspecified atom stereocenters. The standard InChI is InChI=1S/C15H20N2O/c1-15(2,3)14(18)11-17-10-13(9-16-17)12-7-5-4-6-8-12/h4-10,14,18H,11H2,1-3H3. The van der Waals surface area contributed by atoms with Crippen molar-refractivity contribution in [1.29, 1.82) is 0 Å². The van der Waals surface area contributed by atoms with Crippen LogP contribution in [0.5, 0.6) is 0 Å². The minimum atomic E-state index is -0.402. The van der Waals surface area contributed by atoms with Gasteiger partial charge in [0.15, 0.2) is 0 Å². The minimum Gasteiger partial charge on any atom is -0.391 e. The highest BCUT2D eigenvalue weighted by molar-refractivity contribution is 5.61. The number of aliphatic hydroxyl groups is 1. The summed E-state index contributed by atoms with van der Waals surface area (Å²) in [5.74, 6) is 0. The Morgan fingerprint density at radius 3 is 2.44 bits per heavy atom. The zero-order valence-corrected chi connectivity index (χ0v) is 11.2. The third-order valence-electron chi connectivity index (χ3n) is 3.10. The Morgan fingerprint density at radius 1 is 1.17 bits per heavy atom. The number of hydrogen-bond donors (Lipinski definition) is 1. The highest BCUT2D eigenvalue weighted by Crippen LogP contribution is 2.22. The summed E-state index contributed by atoms with van der Waals surface area (Å²) in [6.45, 7) is 6.61. The van der Waals surface area contributed by atoms with Gasteiger partial charge in [0.2, 0.25) is 0 Å². The molecule has 96 valence electrons. The first kappa shape index (κ1) is 12.8. The van der Waals surface area contributed by atoms with E-state index in [1.807, 2.05) is 51.4 Å². The number of aromatic nitrogens is 2. The molecule has 0 bridgehead atoms. The molecule has 1 atom stereocenters. The van der Waals surface area contributed by atoms with Crippen LogP contribution in [-0.4, -0.2) is 21.0 Å². The molecule has 0 spiro atoms. The zero-order valence-electron chi connectivity index (χ0n) is 11.2. The van der Waals surface area contributed by atoms with E-state index in [4.69, 9.17) is 0 Å². The van der Waals surface area contributed by atoms with E-state index in [1.54, 1.807) is 4.68 Å². The van der Waals surface area contributed by atoms with Gasteiger partial charge in [0.05, 0.1) is 18.8 Å². The summed E-state index contributed by atoms with van der Waals surface area (Å²) in [6, 6.07) is 10.1. The average Bonchev–Trinajstić information content (AvgIpc) is 2.77. The molecule has 18 heavy (non-hydrogen) atoms. The molecule has 0 fully saturated rings. The molecule has 1 aromatic carbocycles. The highest BCUT2D eigenvalue weighted by atomic mass is 16.3. The molecule has 1 heterocycles. The summed E-state index contributed by atoms with van der Waals surface area (Å²) >= 11 is 0. The quantitative estimate of drug-likeness (QED) is 0.901. The van der Waals surface area contributed by atoms with Crippen molar-refractivity contribution in [2.45, 2.75) is 33.4 Å². The fourth-order valence-electron chi connectivity index (χ4n) is 1.69. The SMILES string of the molecule is CC(C)(C)C(O)Cn1cc(-c2ccccc2)cn1. The number of benzene rings is 1. The van der Waals surface area contributed by atoms with Crippen LogP contribution in [0.1, 0.15) is 20.8 Å². The van der Waals surface area contributed by atoms with Gasteiger partial charge in [-0.1, -0.05) is 51.1 Å². The van der Waals surface area contributed by atoms with E-state index < -0.39 is 6.10 Å². The zero-order chi connectivity index (χ0) is 13.2. The molecule has 0 aliphatic heterocycles. The van der Waals surface area contributed by atoms with E-state index in [-0.39, 0.29) is 5.41 Å². The van der Waals surface area contributed by atoms with Crippen molar-refractivity contribution >= 4 is 0 Å². The summed E-state index contributed by atoms with van der Waals surface area (Å²) in [6.07, 6.45) is 3.41. The van der Waals surface area contributed by atoms with Crippen LogP contribution in [0.3, 0.4) is 0 Å². The van der Waals surface area contributed by atoms with Crippen LogP contribution >= 0.6 is 0 Å². The predicted molar refractivity (Wildman–Crippen MR) is 73.1 cm³/mol. The maximum absolute atomic E-state index is 10.1. The van der Waals surface area contributed by atoms with Crippen LogP contribution in [0.25, 0.3) is 11.1 Å². The highest BCUT2D eigenvalue weighted by Gasteiger charge is 2.22. The molecule has 3 heteroatoms. The average molecular weight is 244 g/mol. The van der Waals surface area contributed by atoms with E-state index in [1.165, 1.54) is 0 Å². The lowest BCUT2D eigenvalue weighted by Crippen LogP contribution is -2.30. The van der Waals surface area contributed by atoms with E-state index in [0.717, 1.165) is 11.1 Å².